The number of nitrogens with two attached hydrogens (primary N) is 1. The Kier molecular flexibility index (Phi) is 5.81. The maximum atomic E-state index is 6.23. The summed E-state index contributed by atoms with van der Waals surface area (Å²) in [5.74, 6) is 0. The molecule has 2 rings (SSSR count). The van der Waals surface area contributed by atoms with Crippen LogP contribution in [0.5, 0.6) is 0 Å². The number of nitrogens with zero attached hydrogens (tertiary/aromatic N) is 2. The molecule has 114 valence electrons. The minimum atomic E-state index is 0.191. The second-order valence-electron chi connectivity index (χ2n) is 5.46. The number of aryl methyl sites for hydroxylation is 1. The van der Waals surface area contributed by atoms with Gasteiger partial charge >= 0.3 is 0 Å². The van der Waals surface area contributed by atoms with E-state index in [4.69, 9.17) is 15.5 Å². The molecule has 5 heteroatoms. The Bertz CT molecular complexity index is 417. The zero-order valence-corrected chi connectivity index (χ0v) is 13.7. The molecular formula is C15H27N3OS. The molecule has 1 aliphatic carbocycles. The van der Waals surface area contributed by atoms with Crippen LogP contribution in [0.4, 0.5) is 5.13 Å². The third-order valence-electron chi connectivity index (χ3n) is 4.15. The van der Waals surface area contributed by atoms with E-state index in [0.29, 0.717) is 6.04 Å². The van der Waals surface area contributed by atoms with Crippen molar-refractivity contribution in [2.24, 2.45) is 5.73 Å². The molecule has 0 spiro atoms. The predicted octanol–water partition coefficient (Wildman–Crippen LogP) is 3.12. The molecular weight excluding hydrogens is 270 g/mol. The van der Waals surface area contributed by atoms with Crippen LogP contribution in [0.15, 0.2) is 0 Å². The third kappa shape index (κ3) is 3.32. The Hall–Kier alpha value is -0.650. The summed E-state index contributed by atoms with van der Waals surface area (Å²) in [5, 5.41) is 1.14. The first-order valence-corrected chi connectivity index (χ1v) is 8.53. The van der Waals surface area contributed by atoms with Gasteiger partial charge in [-0.25, -0.2) is 4.98 Å². The standard InChI is InChI=1S/C15H27N3OS/c1-4-11(5-2)18(9-10-19-3)15-17-13-8-6-7-12(16)14(13)20-15/h11-12H,4-10,16H2,1-3H3. The van der Waals surface area contributed by atoms with Gasteiger partial charge in [-0.05, 0) is 32.1 Å². The number of hydrogen-bond donors (Lipinski definition) is 1. The number of methoxy groups -OCH3 is 1. The van der Waals surface area contributed by atoms with E-state index in [1.54, 1.807) is 18.4 Å². The highest BCUT2D eigenvalue weighted by atomic mass is 32.1. The number of anilines is 1. The van der Waals surface area contributed by atoms with E-state index in [9.17, 15) is 0 Å². The number of ether oxygens (including phenoxy) is 1. The van der Waals surface area contributed by atoms with Crippen LogP contribution in [0.1, 0.15) is 56.1 Å². The van der Waals surface area contributed by atoms with Gasteiger partial charge in [-0.15, -0.1) is 0 Å². The largest absolute Gasteiger partial charge is 0.383 e. The van der Waals surface area contributed by atoms with Gasteiger partial charge in [-0.2, -0.15) is 0 Å². The van der Waals surface area contributed by atoms with Gasteiger partial charge < -0.3 is 15.4 Å². The highest BCUT2D eigenvalue weighted by molar-refractivity contribution is 7.15. The normalized spacial score (nSPS) is 18.4. The van der Waals surface area contributed by atoms with E-state index < -0.39 is 0 Å². The van der Waals surface area contributed by atoms with Gasteiger partial charge in [0.25, 0.3) is 0 Å². The van der Waals surface area contributed by atoms with Gasteiger partial charge in [0.1, 0.15) is 0 Å². The number of fused-ring (bicyclic) bond motifs is 1. The monoisotopic (exact) mass is 297 g/mol. The summed E-state index contributed by atoms with van der Waals surface area (Å²) in [6.45, 7) is 6.14. The first-order valence-electron chi connectivity index (χ1n) is 7.71. The average Bonchev–Trinajstić information content (AvgIpc) is 2.88. The van der Waals surface area contributed by atoms with E-state index in [2.05, 4.69) is 18.7 Å². The number of hydrogen-bond acceptors (Lipinski definition) is 5. The van der Waals surface area contributed by atoms with E-state index in [0.717, 1.165) is 44.0 Å². The van der Waals surface area contributed by atoms with Gasteiger partial charge in [-0.3, -0.25) is 0 Å². The summed E-state index contributed by atoms with van der Waals surface area (Å²) < 4.78 is 5.27. The molecule has 1 unspecified atom stereocenters. The van der Waals surface area contributed by atoms with Crippen molar-refractivity contribution in [2.75, 3.05) is 25.2 Å². The molecule has 0 saturated carbocycles. The molecule has 4 nitrogen and oxygen atoms in total. The minimum absolute atomic E-state index is 0.191. The molecule has 1 aromatic heterocycles. The summed E-state index contributed by atoms with van der Waals surface area (Å²) in [6, 6.07) is 0.727. The van der Waals surface area contributed by atoms with Crippen molar-refractivity contribution >= 4 is 16.5 Å². The molecule has 20 heavy (non-hydrogen) atoms. The van der Waals surface area contributed by atoms with Crippen LogP contribution in [0, 0.1) is 0 Å². The molecule has 1 atom stereocenters. The van der Waals surface area contributed by atoms with Gasteiger partial charge in [0, 0.05) is 30.6 Å². The Balaban J connectivity index is 2.23. The van der Waals surface area contributed by atoms with Crippen LogP contribution >= 0.6 is 11.3 Å². The first-order chi connectivity index (χ1) is 9.71. The topological polar surface area (TPSA) is 51.4 Å². The fourth-order valence-electron chi connectivity index (χ4n) is 2.92. The second kappa shape index (κ2) is 7.38. The summed E-state index contributed by atoms with van der Waals surface area (Å²) in [5.41, 5.74) is 7.46. The lowest BCUT2D eigenvalue weighted by atomic mass is 9.99. The van der Waals surface area contributed by atoms with Crippen molar-refractivity contribution in [1.29, 1.82) is 0 Å². The molecule has 1 heterocycles. The van der Waals surface area contributed by atoms with E-state index >= 15 is 0 Å². The number of thiazole rings is 1. The Morgan fingerprint density at radius 1 is 1.45 bits per heavy atom. The lowest BCUT2D eigenvalue weighted by molar-refractivity contribution is 0.202. The van der Waals surface area contributed by atoms with Crippen molar-refractivity contribution < 1.29 is 4.74 Å². The highest BCUT2D eigenvalue weighted by Crippen LogP contribution is 2.37. The summed E-state index contributed by atoms with van der Waals surface area (Å²) in [4.78, 5) is 8.60. The predicted molar refractivity (Wildman–Crippen MR) is 85.6 cm³/mol. The van der Waals surface area contributed by atoms with E-state index in [-0.39, 0.29) is 6.04 Å². The molecule has 0 amide bonds. The maximum absolute atomic E-state index is 6.23. The highest BCUT2D eigenvalue weighted by Gasteiger charge is 2.25. The van der Waals surface area contributed by atoms with Crippen LogP contribution in [0.25, 0.3) is 0 Å². The molecule has 0 bridgehead atoms. The quantitative estimate of drug-likeness (QED) is 0.840. The second-order valence-corrected chi connectivity index (χ2v) is 6.47. The summed E-state index contributed by atoms with van der Waals surface area (Å²) >= 11 is 1.80. The van der Waals surface area contributed by atoms with E-state index in [1.807, 2.05) is 0 Å². The summed E-state index contributed by atoms with van der Waals surface area (Å²) in [6.07, 6.45) is 5.62. The molecule has 1 aliphatic rings. The molecule has 1 aromatic rings. The van der Waals surface area contributed by atoms with Crippen molar-refractivity contribution in [1.82, 2.24) is 4.98 Å². The van der Waals surface area contributed by atoms with Crippen LogP contribution in [0.3, 0.4) is 0 Å². The van der Waals surface area contributed by atoms with Crippen molar-refractivity contribution in [3.05, 3.63) is 10.6 Å². The zero-order valence-electron chi connectivity index (χ0n) is 12.9. The fourth-order valence-corrected chi connectivity index (χ4v) is 4.16. The van der Waals surface area contributed by atoms with Crippen molar-refractivity contribution in [3.63, 3.8) is 0 Å². The van der Waals surface area contributed by atoms with Gasteiger partial charge in [0.2, 0.25) is 0 Å². The van der Waals surface area contributed by atoms with Crippen molar-refractivity contribution in [2.45, 2.75) is 58.0 Å². The fraction of sp³-hybridized carbons (Fsp3) is 0.800. The van der Waals surface area contributed by atoms with Crippen LogP contribution in [-0.2, 0) is 11.2 Å². The lowest BCUT2D eigenvalue weighted by Crippen LogP contribution is -2.37. The van der Waals surface area contributed by atoms with Crippen molar-refractivity contribution in [3.8, 4) is 0 Å². The van der Waals surface area contributed by atoms with E-state index in [1.165, 1.54) is 17.0 Å². The van der Waals surface area contributed by atoms with Crippen LogP contribution < -0.4 is 10.6 Å². The molecule has 0 fully saturated rings. The molecule has 2 N–H and O–H groups in total. The van der Waals surface area contributed by atoms with Gasteiger partial charge in [0.05, 0.1) is 12.3 Å². The average molecular weight is 297 g/mol. The third-order valence-corrected chi connectivity index (χ3v) is 5.41. The van der Waals surface area contributed by atoms with Gasteiger partial charge in [-0.1, -0.05) is 25.2 Å². The minimum Gasteiger partial charge on any atom is -0.383 e. The Morgan fingerprint density at radius 2 is 2.20 bits per heavy atom. The first kappa shape index (κ1) is 15.7. The number of rotatable bonds is 7. The molecule has 0 aliphatic heterocycles. The smallest absolute Gasteiger partial charge is 0.186 e. The maximum Gasteiger partial charge on any atom is 0.186 e. The molecule has 0 aromatic carbocycles. The Labute approximate surface area is 126 Å². The summed E-state index contributed by atoms with van der Waals surface area (Å²) in [7, 11) is 1.76. The molecule has 0 saturated heterocycles. The SMILES string of the molecule is CCC(CC)N(CCOC)c1nc2c(s1)C(N)CCC2. The van der Waals surface area contributed by atoms with Gasteiger partial charge in [0.15, 0.2) is 5.13 Å². The van der Waals surface area contributed by atoms with Crippen LogP contribution in [0.2, 0.25) is 0 Å². The molecule has 0 radical (unpaired) electrons. The lowest BCUT2D eigenvalue weighted by Gasteiger charge is -2.30. The number of aromatic nitrogens is 1. The zero-order chi connectivity index (χ0) is 14.5. The van der Waals surface area contributed by atoms with Crippen LogP contribution in [-0.4, -0.2) is 31.3 Å². The Morgan fingerprint density at radius 3 is 2.80 bits per heavy atom.